The fourth-order valence-electron chi connectivity index (χ4n) is 2.25. The summed E-state index contributed by atoms with van der Waals surface area (Å²) >= 11 is 2.05. The molecule has 1 saturated carbocycles. The Balaban J connectivity index is 2.26. The molecule has 0 N–H and O–H groups in total. The predicted octanol–water partition coefficient (Wildman–Crippen LogP) is 4.24. The van der Waals surface area contributed by atoms with Crippen LogP contribution in [-0.4, -0.2) is 11.0 Å². The molecule has 0 bridgehead atoms. The minimum atomic E-state index is 0.327. The smallest absolute Gasteiger partial charge is 0.0667 e. The molecule has 0 aromatic rings. The molecule has 0 heterocycles. The van der Waals surface area contributed by atoms with Gasteiger partial charge >= 0.3 is 0 Å². The summed E-state index contributed by atoms with van der Waals surface area (Å²) in [6.45, 7) is 4.57. The Morgan fingerprint density at radius 2 is 2.13 bits per heavy atom. The van der Waals surface area contributed by atoms with Crippen LogP contribution in [-0.2, 0) is 0 Å². The van der Waals surface area contributed by atoms with Gasteiger partial charge in [-0.2, -0.15) is 17.0 Å². The summed E-state index contributed by atoms with van der Waals surface area (Å²) in [6.07, 6.45) is 7.60. The largest absolute Gasteiger partial charge is 0.198 e. The molecule has 86 valence electrons. The van der Waals surface area contributed by atoms with Gasteiger partial charge in [-0.25, -0.2) is 0 Å². The maximum absolute atomic E-state index is 9.09. The lowest BCUT2D eigenvalue weighted by atomic mass is 9.83. The second kappa shape index (κ2) is 7.17. The lowest BCUT2D eigenvalue weighted by molar-refractivity contribution is 0.345. The van der Waals surface area contributed by atoms with E-state index in [1.54, 1.807) is 0 Å². The quantitative estimate of drug-likeness (QED) is 0.653. The van der Waals surface area contributed by atoms with Gasteiger partial charge in [-0.05, 0) is 37.4 Å². The zero-order chi connectivity index (χ0) is 11.1. The van der Waals surface area contributed by atoms with Crippen molar-refractivity contribution in [3.8, 4) is 6.07 Å². The molecular formula is C13H23NS. The number of nitriles is 1. The highest BCUT2D eigenvalue weighted by Gasteiger charge is 2.28. The third-order valence-corrected chi connectivity index (χ3v) is 4.77. The van der Waals surface area contributed by atoms with Crippen LogP contribution in [0.3, 0.4) is 0 Å². The van der Waals surface area contributed by atoms with E-state index >= 15 is 0 Å². The number of hydrogen-bond donors (Lipinski definition) is 0. The van der Waals surface area contributed by atoms with Gasteiger partial charge in [0, 0.05) is 5.25 Å². The van der Waals surface area contributed by atoms with Gasteiger partial charge in [0.15, 0.2) is 0 Å². The molecule has 0 saturated heterocycles. The minimum absolute atomic E-state index is 0.327. The number of thioether (sulfide) groups is 1. The summed E-state index contributed by atoms with van der Waals surface area (Å²) in [4.78, 5) is 0. The van der Waals surface area contributed by atoms with Crippen LogP contribution in [0.1, 0.15) is 52.4 Å². The molecule has 0 aliphatic heterocycles. The molecule has 1 aliphatic carbocycles. The molecule has 0 aromatic carbocycles. The Bertz CT molecular complexity index is 209. The van der Waals surface area contributed by atoms with E-state index in [1.807, 2.05) is 0 Å². The predicted molar refractivity (Wildman–Crippen MR) is 67.9 cm³/mol. The second-order valence-electron chi connectivity index (χ2n) is 4.77. The molecule has 15 heavy (non-hydrogen) atoms. The van der Waals surface area contributed by atoms with Gasteiger partial charge in [-0.1, -0.05) is 26.7 Å². The number of hydrogen-bond acceptors (Lipinski definition) is 2. The van der Waals surface area contributed by atoms with Crippen LogP contribution in [0.4, 0.5) is 0 Å². The summed E-state index contributed by atoms with van der Waals surface area (Å²) in [5, 5.41) is 9.71. The molecule has 1 rings (SSSR count). The van der Waals surface area contributed by atoms with Crippen molar-refractivity contribution < 1.29 is 0 Å². The molecule has 3 atom stereocenters. The molecule has 0 aromatic heterocycles. The average Bonchev–Trinajstić information content (AvgIpc) is 2.25. The summed E-state index contributed by atoms with van der Waals surface area (Å²) in [6, 6.07) is 2.49. The van der Waals surface area contributed by atoms with Crippen LogP contribution in [0.5, 0.6) is 0 Å². The molecule has 0 radical (unpaired) electrons. The molecule has 1 nitrogen and oxygen atoms in total. The van der Waals surface area contributed by atoms with Gasteiger partial charge in [0.2, 0.25) is 0 Å². The van der Waals surface area contributed by atoms with Crippen molar-refractivity contribution in [1.82, 2.24) is 0 Å². The molecule has 1 aliphatic rings. The number of unbranched alkanes of at least 4 members (excludes halogenated alkanes) is 2. The molecule has 0 spiro atoms. The van der Waals surface area contributed by atoms with E-state index in [1.165, 1.54) is 37.9 Å². The second-order valence-corrected chi connectivity index (χ2v) is 6.12. The van der Waals surface area contributed by atoms with E-state index in [2.05, 4.69) is 31.7 Å². The first-order chi connectivity index (χ1) is 7.27. The van der Waals surface area contributed by atoms with E-state index in [-0.39, 0.29) is 0 Å². The van der Waals surface area contributed by atoms with Crippen LogP contribution in [0.15, 0.2) is 0 Å². The Morgan fingerprint density at radius 3 is 2.80 bits per heavy atom. The van der Waals surface area contributed by atoms with Crippen LogP contribution in [0.2, 0.25) is 0 Å². The van der Waals surface area contributed by atoms with E-state index in [4.69, 9.17) is 5.26 Å². The van der Waals surface area contributed by atoms with Crippen molar-refractivity contribution in [1.29, 1.82) is 5.26 Å². The van der Waals surface area contributed by atoms with Crippen molar-refractivity contribution in [3.05, 3.63) is 0 Å². The summed E-state index contributed by atoms with van der Waals surface area (Å²) in [7, 11) is 0. The molecule has 2 heteroatoms. The first-order valence-corrected chi connectivity index (χ1v) is 7.34. The van der Waals surface area contributed by atoms with E-state index in [9.17, 15) is 0 Å². The standard InChI is InChI=1S/C13H23NS/c1-3-4-5-8-15-13-9-11(2)6-7-12(13)10-14/h11-13H,3-9H2,1-2H3. The fraction of sp³-hybridized carbons (Fsp3) is 0.923. The first kappa shape index (κ1) is 12.9. The Labute approximate surface area is 98.6 Å². The molecule has 0 amide bonds. The third kappa shape index (κ3) is 4.47. The average molecular weight is 225 g/mol. The van der Waals surface area contributed by atoms with E-state index < -0.39 is 0 Å². The Hall–Kier alpha value is -0.160. The fourth-order valence-corrected chi connectivity index (χ4v) is 3.81. The highest BCUT2D eigenvalue weighted by atomic mass is 32.2. The zero-order valence-electron chi connectivity index (χ0n) is 10.0. The Kier molecular flexibility index (Phi) is 6.17. The van der Waals surface area contributed by atoms with Crippen LogP contribution in [0, 0.1) is 23.2 Å². The lowest BCUT2D eigenvalue weighted by Gasteiger charge is -2.30. The van der Waals surface area contributed by atoms with E-state index in [0.717, 1.165) is 12.3 Å². The lowest BCUT2D eigenvalue weighted by Crippen LogP contribution is -2.25. The van der Waals surface area contributed by atoms with E-state index in [0.29, 0.717) is 11.2 Å². The normalized spacial score (nSPS) is 31.1. The number of rotatable bonds is 5. The molecule has 1 fully saturated rings. The van der Waals surface area contributed by atoms with Crippen molar-refractivity contribution in [3.63, 3.8) is 0 Å². The van der Waals surface area contributed by atoms with Crippen molar-refractivity contribution >= 4 is 11.8 Å². The maximum atomic E-state index is 9.09. The number of nitrogens with zero attached hydrogens (tertiary/aromatic N) is 1. The highest BCUT2D eigenvalue weighted by Crippen LogP contribution is 2.36. The van der Waals surface area contributed by atoms with Crippen molar-refractivity contribution in [2.75, 3.05) is 5.75 Å². The summed E-state index contributed by atoms with van der Waals surface area (Å²) in [5.41, 5.74) is 0. The van der Waals surface area contributed by atoms with Crippen LogP contribution in [0.25, 0.3) is 0 Å². The van der Waals surface area contributed by atoms with Crippen LogP contribution >= 0.6 is 11.8 Å². The molecular weight excluding hydrogens is 202 g/mol. The van der Waals surface area contributed by atoms with Crippen molar-refractivity contribution in [2.24, 2.45) is 11.8 Å². The molecule has 3 unspecified atom stereocenters. The summed E-state index contributed by atoms with van der Waals surface area (Å²) in [5.74, 6) is 2.41. The topological polar surface area (TPSA) is 23.8 Å². The monoisotopic (exact) mass is 225 g/mol. The van der Waals surface area contributed by atoms with Gasteiger partial charge < -0.3 is 0 Å². The minimum Gasteiger partial charge on any atom is -0.198 e. The van der Waals surface area contributed by atoms with Crippen molar-refractivity contribution in [2.45, 2.75) is 57.6 Å². The first-order valence-electron chi connectivity index (χ1n) is 6.29. The maximum Gasteiger partial charge on any atom is 0.0667 e. The highest BCUT2D eigenvalue weighted by molar-refractivity contribution is 7.99. The van der Waals surface area contributed by atoms with Gasteiger partial charge in [0.25, 0.3) is 0 Å². The van der Waals surface area contributed by atoms with Gasteiger partial charge in [-0.3, -0.25) is 0 Å². The SMILES string of the molecule is CCCCCSC1CC(C)CCC1C#N. The Morgan fingerprint density at radius 1 is 1.33 bits per heavy atom. The van der Waals surface area contributed by atoms with Gasteiger partial charge in [-0.15, -0.1) is 0 Å². The van der Waals surface area contributed by atoms with Crippen LogP contribution < -0.4 is 0 Å². The zero-order valence-corrected chi connectivity index (χ0v) is 10.9. The summed E-state index contributed by atoms with van der Waals surface area (Å²) < 4.78 is 0. The van der Waals surface area contributed by atoms with Gasteiger partial charge in [0.1, 0.15) is 0 Å². The third-order valence-electron chi connectivity index (χ3n) is 3.30. The van der Waals surface area contributed by atoms with Gasteiger partial charge in [0.05, 0.1) is 12.0 Å².